The molecule has 164 valence electrons. The van der Waals surface area contributed by atoms with Crippen LogP contribution in [0.5, 0.6) is 0 Å². The lowest BCUT2D eigenvalue weighted by Crippen LogP contribution is -2.62. The van der Waals surface area contributed by atoms with Crippen LogP contribution in [0.1, 0.15) is 26.3 Å². The molecule has 1 aliphatic rings. The average molecular weight is 411 g/mol. The van der Waals surface area contributed by atoms with Crippen molar-refractivity contribution in [3.05, 3.63) is 35.9 Å². The summed E-state index contributed by atoms with van der Waals surface area (Å²) in [6, 6.07) is 9.78. The second-order valence-corrected chi connectivity index (χ2v) is 7.82. The van der Waals surface area contributed by atoms with Crippen molar-refractivity contribution in [3.63, 3.8) is 0 Å². The predicted octanol–water partition coefficient (Wildman–Crippen LogP) is 2.50. The molecule has 0 radical (unpaired) electrons. The van der Waals surface area contributed by atoms with Gasteiger partial charge >= 0.3 is 6.09 Å². The first-order chi connectivity index (χ1) is 13.8. The van der Waals surface area contributed by atoms with Crippen LogP contribution in [0.15, 0.2) is 30.3 Å². The zero-order valence-corrected chi connectivity index (χ0v) is 18.0. The van der Waals surface area contributed by atoms with Crippen molar-refractivity contribution in [1.82, 2.24) is 5.32 Å². The molecular weight excluding hydrogens is 378 g/mol. The molecule has 1 fully saturated rings. The molecule has 1 heterocycles. The third kappa shape index (κ3) is 6.94. The van der Waals surface area contributed by atoms with E-state index in [1.54, 1.807) is 42.1 Å². The lowest BCUT2D eigenvalue weighted by atomic mass is 9.98. The van der Waals surface area contributed by atoms with Crippen LogP contribution in [0.3, 0.4) is 0 Å². The molecule has 8 nitrogen and oxygen atoms in total. The Morgan fingerprint density at radius 3 is 2.17 bits per heavy atom. The van der Waals surface area contributed by atoms with E-state index in [-0.39, 0.29) is 6.54 Å². The third-order valence-electron chi connectivity index (χ3n) is 4.51. The Morgan fingerprint density at radius 1 is 1.00 bits per heavy atom. The van der Waals surface area contributed by atoms with Gasteiger partial charge in [0, 0.05) is 27.9 Å². The largest absolute Gasteiger partial charge is 0.444 e. The van der Waals surface area contributed by atoms with Gasteiger partial charge in [0.15, 0.2) is 6.29 Å². The maximum Gasteiger partial charge on any atom is 0.407 e. The Morgan fingerprint density at radius 2 is 1.62 bits per heavy atom. The first-order valence-electron chi connectivity index (χ1n) is 9.65. The van der Waals surface area contributed by atoms with Gasteiger partial charge < -0.3 is 33.7 Å². The molecule has 0 spiro atoms. The van der Waals surface area contributed by atoms with Crippen molar-refractivity contribution in [1.29, 1.82) is 0 Å². The zero-order valence-electron chi connectivity index (χ0n) is 18.0. The lowest BCUT2D eigenvalue weighted by molar-refractivity contribution is -0.309. The number of nitrogens with one attached hydrogen (secondary N) is 1. The molecule has 8 heteroatoms. The third-order valence-corrected chi connectivity index (χ3v) is 4.51. The minimum Gasteiger partial charge on any atom is -0.444 e. The van der Waals surface area contributed by atoms with Gasteiger partial charge in [-0.15, -0.1) is 0 Å². The highest BCUT2D eigenvalue weighted by Gasteiger charge is 2.47. The minimum absolute atomic E-state index is 0.176. The predicted molar refractivity (Wildman–Crippen MR) is 107 cm³/mol. The molecule has 5 atom stereocenters. The van der Waals surface area contributed by atoms with E-state index in [0.29, 0.717) is 6.61 Å². The molecule has 2 rings (SSSR count). The fourth-order valence-electron chi connectivity index (χ4n) is 3.23. The number of ether oxygens (including phenoxy) is 6. The number of benzene rings is 1. The topological polar surface area (TPSA) is 84.5 Å². The van der Waals surface area contributed by atoms with E-state index in [1.165, 1.54) is 0 Å². The number of carbonyl (C=O) groups excluding carboxylic acids is 1. The molecule has 1 N–H and O–H groups in total. The van der Waals surface area contributed by atoms with Crippen LogP contribution in [-0.2, 0) is 35.0 Å². The van der Waals surface area contributed by atoms with E-state index in [9.17, 15) is 4.79 Å². The monoisotopic (exact) mass is 411 g/mol. The summed E-state index contributed by atoms with van der Waals surface area (Å²) in [5.41, 5.74) is 0.424. The van der Waals surface area contributed by atoms with Crippen molar-refractivity contribution >= 4 is 6.09 Å². The molecule has 0 aromatic heterocycles. The van der Waals surface area contributed by atoms with E-state index >= 15 is 0 Å². The van der Waals surface area contributed by atoms with Crippen molar-refractivity contribution in [2.45, 2.75) is 63.7 Å². The molecule has 1 amide bonds. The van der Waals surface area contributed by atoms with Crippen molar-refractivity contribution in [2.75, 3.05) is 27.9 Å². The Bertz CT molecular complexity index is 619. The highest BCUT2D eigenvalue weighted by atomic mass is 16.7. The smallest absolute Gasteiger partial charge is 0.407 e. The van der Waals surface area contributed by atoms with Gasteiger partial charge in [0.25, 0.3) is 0 Å². The summed E-state index contributed by atoms with van der Waals surface area (Å²) in [6.07, 6.45) is -3.12. The van der Waals surface area contributed by atoms with Gasteiger partial charge in [-0.05, 0) is 26.3 Å². The van der Waals surface area contributed by atoms with Crippen LogP contribution >= 0.6 is 0 Å². The van der Waals surface area contributed by atoms with Gasteiger partial charge in [-0.25, -0.2) is 4.79 Å². The van der Waals surface area contributed by atoms with Crippen LogP contribution in [-0.4, -0.2) is 70.3 Å². The van der Waals surface area contributed by atoms with E-state index in [1.807, 2.05) is 30.3 Å². The molecule has 0 aliphatic carbocycles. The van der Waals surface area contributed by atoms with Crippen molar-refractivity contribution in [2.24, 2.45) is 0 Å². The molecule has 1 aromatic rings. The summed E-state index contributed by atoms with van der Waals surface area (Å²) in [4.78, 5) is 12.0. The number of carbonyl (C=O) groups is 1. The first-order valence-corrected chi connectivity index (χ1v) is 9.65. The van der Waals surface area contributed by atoms with Gasteiger partial charge in [-0.2, -0.15) is 0 Å². The Labute approximate surface area is 172 Å². The maximum atomic E-state index is 12.0. The number of hydrogen-bond acceptors (Lipinski definition) is 7. The average Bonchev–Trinajstić information content (AvgIpc) is 2.69. The molecule has 1 aliphatic heterocycles. The molecule has 0 saturated carbocycles. The van der Waals surface area contributed by atoms with Gasteiger partial charge in [-0.3, -0.25) is 0 Å². The second kappa shape index (κ2) is 10.9. The Kier molecular flexibility index (Phi) is 8.85. The molecule has 0 bridgehead atoms. The highest BCUT2D eigenvalue weighted by Crippen LogP contribution is 2.28. The number of alkyl carbamates (subject to hydrolysis) is 1. The van der Waals surface area contributed by atoms with E-state index in [2.05, 4.69) is 5.32 Å². The van der Waals surface area contributed by atoms with Gasteiger partial charge in [-0.1, -0.05) is 30.3 Å². The molecule has 0 unspecified atom stereocenters. The normalized spacial score (nSPS) is 27.4. The summed E-state index contributed by atoms with van der Waals surface area (Å²) < 4.78 is 34.2. The van der Waals surface area contributed by atoms with Crippen molar-refractivity contribution in [3.8, 4) is 0 Å². The maximum absolute atomic E-state index is 12.0. The molecule has 1 saturated heterocycles. The first kappa shape index (κ1) is 23.6. The van der Waals surface area contributed by atoms with Crippen molar-refractivity contribution < 1.29 is 33.2 Å². The molecular formula is C21H33NO7. The fourth-order valence-corrected chi connectivity index (χ4v) is 3.23. The Balaban J connectivity index is 2.07. The van der Waals surface area contributed by atoms with Crippen LogP contribution in [0.2, 0.25) is 0 Å². The number of amides is 1. The Hall–Kier alpha value is -1.71. The standard InChI is InChI=1S/C21H33NO7/c1-21(2,3)29-20(23)22-12-15-16(24-4)17(25-5)18(26-6)19(28-15)27-13-14-10-8-7-9-11-14/h7-11,15-19H,12-13H2,1-6H3,(H,22,23)/t15-,16-,17+,18-,19-/m1/s1. The minimum atomic E-state index is -0.693. The van der Waals surface area contributed by atoms with Crippen LogP contribution < -0.4 is 5.32 Å². The van der Waals surface area contributed by atoms with Gasteiger partial charge in [0.1, 0.15) is 30.0 Å². The number of methoxy groups -OCH3 is 3. The van der Waals surface area contributed by atoms with Crippen LogP contribution in [0.25, 0.3) is 0 Å². The fraction of sp³-hybridized carbons (Fsp3) is 0.667. The molecule has 29 heavy (non-hydrogen) atoms. The quantitative estimate of drug-likeness (QED) is 0.703. The second-order valence-electron chi connectivity index (χ2n) is 7.82. The number of hydrogen-bond donors (Lipinski definition) is 1. The van der Waals surface area contributed by atoms with Gasteiger partial charge in [0.05, 0.1) is 6.61 Å². The SMILES string of the molecule is CO[C@@H]1[C@@H](OC)[C@H](OCc2ccccc2)O[C@H](CNC(=O)OC(C)(C)C)[C@H]1OC. The van der Waals surface area contributed by atoms with E-state index in [4.69, 9.17) is 28.4 Å². The van der Waals surface area contributed by atoms with Gasteiger partial charge in [0.2, 0.25) is 0 Å². The lowest BCUT2D eigenvalue weighted by Gasteiger charge is -2.44. The summed E-state index contributed by atoms with van der Waals surface area (Å²) >= 11 is 0. The molecule has 1 aromatic carbocycles. The van der Waals surface area contributed by atoms with Crippen LogP contribution in [0, 0.1) is 0 Å². The summed E-state index contributed by atoms with van der Waals surface area (Å²) in [7, 11) is 4.73. The van der Waals surface area contributed by atoms with E-state index in [0.717, 1.165) is 5.56 Å². The number of rotatable bonds is 8. The summed E-state index contributed by atoms with van der Waals surface area (Å²) in [5, 5.41) is 2.73. The summed E-state index contributed by atoms with van der Waals surface area (Å²) in [6.45, 7) is 5.94. The van der Waals surface area contributed by atoms with Crippen LogP contribution in [0.4, 0.5) is 4.79 Å². The zero-order chi connectivity index (χ0) is 21.4. The highest BCUT2D eigenvalue weighted by molar-refractivity contribution is 5.67. The van der Waals surface area contributed by atoms with E-state index < -0.39 is 42.4 Å². The summed E-state index contributed by atoms with van der Waals surface area (Å²) in [5.74, 6) is 0.